The largest absolute Gasteiger partial charge is 0.466 e. The standard InChI is InChI=1S/C14H17FO3/c1-3-18-13(16)8-14(17)5-4-11-9(2)6-10(15)7-12(11)14/h6-7,17H,3-5,8H2,1-2H3. The highest BCUT2D eigenvalue weighted by atomic mass is 19.1. The van der Waals surface area contributed by atoms with Crippen LogP contribution in [-0.2, 0) is 21.6 Å². The molecule has 98 valence electrons. The van der Waals surface area contributed by atoms with Gasteiger partial charge in [-0.1, -0.05) is 0 Å². The fraction of sp³-hybridized carbons (Fsp3) is 0.500. The predicted molar refractivity (Wildman–Crippen MR) is 64.6 cm³/mol. The summed E-state index contributed by atoms with van der Waals surface area (Å²) in [6.45, 7) is 3.82. The minimum Gasteiger partial charge on any atom is -0.466 e. The number of esters is 1. The highest BCUT2D eigenvalue weighted by molar-refractivity contribution is 5.71. The number of carbonyl (C=O) groups is 1. The first-order valence-electron chi connectivity index (χ1n) is 6.14. The molecule has 4 heteroatoms. The number of fused-ring (bicyclic) bond motifs is 1. The van der Waals surface area contributed by atoms with E-state index in [2.05, 4.69) is 0 Å². The van der Waals surface area contributed by atoms with Crippen LogP contribution in [0.1, 0.15) is 36.5 Å². The van der Waals surface area contributed by atoms with Crippen molar-refractivity contribution in [2.45, 2.75) is 38.7 Å². The number of ether oxygens (including phenoxy) is 1. The zero-order chi connectivity index (χ0) is 13.3. The fourth-order valence-electron chi connectivity index (χ4n) is 2.62. The Labute approximate surface area is 106 Å². The first-order valence-corrected chi connectivity index (χ1v) is 6.14. The zero-order valence-electron chi connectivity index (χ0n) is 10.6. The number of hydrogen-bond acceptors (Lipinski definition) is 3. The van der Waals surface area contributed by atoms with Gasteiger partial charge in [0.25, 0.3) is 0 Å². The van der Waals surface area contributed by atoms with Crippen molar-refractivity contribution in [2.75, 3.05) is 6.61 Å². The number of aryl methyl sites for hydroxylation is 1. The van der Waals surface area contributed by atoms with Crippen molar-refractivity contribution >= 4 is 5.97 Å². The molecule has 1 atom stereocenters. The fourth-order valence-corrected chi connectivity index (χ4v) is 2.62. The number of aliphatic hydroxyl groups is 1. The van der Waals surface area contributed by atoms with E-state index >= 15 is 0 Å². The van der Waals surface area contributed by atoms with Gasteiger partial charge in [0.15, 0.2) is 0 Å². The molecule has 1 unspecified atom stereocenters. The summed E-state index contributed by atoms with van der Waals surface area (Å²) >= 11 is 0. The van der Waals surface area contributed by atoms with Gasteiger partial charge >= 0.3 is 5.97 Å². The third kappa shape index (κ3) is 2.25. The van der Waals surface area contributed by atoms with E-state index in [1.165, 1.54) is 12.1 Å². The Morgan fingerprint density at radius 3 is 2.94 bits per heavy atom. The van der Waals surface area contributed by atoms with Gasteiger partial charge in [-0.05, 0) is 55.5 Å². The van der Waals surface area contributed by atoms with Crippen molar-refractivity contribution in [1.29, 1.82) is 0 Å². The van der Waals surface area contributed by atoms with Crippen molar-refractivity contribution in [1.82, 2.24) is 0 Å². The molecule has 0 amide bonds. The van der Waals surface area contributed by atoms with E-state index < -0.39 is 11.6 Å². The van der Waals surface area contributed by atoms with Crippen molar-refractivity contribution in [3.63, 3.8) is 0 Å². The van der Waals surface area contributed by atoms with Crippen molar-refractivity contribution < 1.29 is 19.0 Å². The van der Waals surface area contributed by atoms with Gasteiger partial charge in [0.1, 0.15) is 11.4 Å². The molecule has 3 nitrogen and oxygen atoms in total. The lowest BCUT2D eigenvalue weighted by Gasteiger charge is -2.23. The third-order valence-electron chi connectivity index (χ3n) is 3.47. The third-order valence-corrected chi connectivity index (χ3v) is 3.47. The van der Waals surface area contributed by atoms with Crippen molar-refractivity contribution in [3.8, 4) is 0 Å². The Morgan fingerprint density at radius 2 is 2.28 bits per heavy atom. The highest BCUT2D eigenvalue weighted by Crippen LogP contribution is 2.41. The smallest absolute Gasteiger partial charge is 0.309 e. The molecule has 1 aliphatic carbocycles. The van der Waals surface area contributed by atoms with E-state index in [0.717, 1.165) is 11.1 Å². The Kier molecular flexibility index (Phi) is 3.39. The lowest BCUT2D eigenvalue weighted by molar-refractivity contribution is -0.149. The molecule has 0 heterocycles. The second kappa shape index (κ2) is 4.69. The maximum atomic E-state index is 13.4. The molecule has 2 rings (SSSR count). The minimum atomic E-state index is -1.28. The summed E-state index contributed by atoms with van der Waals surface area (Å²) in [7, 11) is 0. The average molecular weight is 252 g/mol. The number of halogens is 1. The van der Waals surface area contributed by atoms with Crippen LogP contribution < -0.4 is 0 Å². The Morgan fingerprint density at radius 1 is 1.56 bits per heavy atom. The lowest BCUT2D eigenvalue weighted by atomic mass is 9.91. The topological polar surface area (TPSA) is 46.5 Å². The molecular formula is C14H17FO3. The second-order valence-electron chi connectivity index (χ2n) is 4.76. The van der Waals surface area contributed by atoms with Crippen LogP contribution in [-0.4, -0.2) is 17.7 Å². The Balaban J connectivity index is 2.32. The molecule has 0 fully saturated rings. The average Bonchev–Trinajstić information content (AvgIpc) is 2.57. The van der Waals surface area contributed by atoms with Gasteiger partial charge < -0.3 is 9.84 Å². The lowest BCUT2D eigenvalue weighted by Crippen LogP contribution is -2.27. The van der Waals surface area contributed by atoms with Crippen LogP contribution in [0.4, 0.5) is 4.39 Å². The second-order valence-corrected chi connectivity index (χ2v) is 4.76. The molecule has 1 N–H and O–H groups in total. The van der Waals surface area contributed by atoms with Crippen molar-refractivity contribution in [2.24, 2.45) is 0 Å². The maximum absolute atomic E-state index is 13.4. The molecule has 0 aliphatic heterocycles. The highest BCUT2D eigenvalue weighted by Gasteiger charge is 2.40. The normalized spacial score (nSPS) is 21.8. The van der Waals surface area contributed by atoms with E-state index in [9.17, 15) is 14.3 Å². The van der Waals surface area contributed by atoms with Crippen LogP contribution in [0.3, 0.4) is 0 Å². The van der Waals surface area contributed by atoms with E-state index in [1.54, 1.807) is 6.92 Å². The number of carbonyl (C=O) groups excluding carboxylic acids is 1. The summed E-state index contributed by atoms with van der Waals surface area (Å²) in [4.78, 5) is 11.5. The van der Waals surface area contributed by atoms with Gasteiger partial charge in [-0.25, -0.2) is 4.39 Å². The van der Waals surface area contributed by atoms with E-state index in [1.807, 2.05) is 6.92 Å². The SMILES string of the molecule is CCOC(=O)CC1(O)CCc2c(C)cc(F)cc21. The molecule has 18 heavy (non-hydrogen) atoms. The first-order chi connectivity index (χ1) is 8.46. The molecule has 0 saturated heterocycles. The van der Waals surface area contributed by atoms with Gasteiger partial charge in [0.2, 0.25) is 0 Å². The predicted octanol–water partition coefficient (Wildman–Crippen LogP) is 2.22. The molecule has 0 radical (unpaired) electrons. The molecule has 1 aromatic carbocycles. The van der Waals surface area contributed by atoms with Crippen LogP contribution in [0, 0.1) is 12.7 Å². The van der Waals surface area contributed by atoms with Gasteiger partial charge in [-0.15, -0.1) is 0 Å². The van der Waals surface area contributed by atoms with Gasteiger partial charge in [0, 0.05) is 0 Å². The van der Waals surface area contributed by atoms with Gasteiger partial charge in [-0.3, -0.25) is 4.79 Å². The van der Waals surface area contributed by atoms with Crippen LogP contribution in [0.25, 0.3) is 0 Å². The molecule has 1 aliphatic rings. The summed E-state index contributed by atoms with van der Waals surface area (Å²) in [5.41, 5.74) is 1.02. The molecular weight excluding hydrogens is 235 g/mol. The summed E-state index contributed by atoms with van der Waals surface area (Å²) in [5.74, 6) is -0.829. The molecule has 1 aromatic rings. The Hall–Kier alpha value is -1.42. The molecule has 0 bridgehead atoms. The molecule has 0 saturated carbocycles. The monoisotopic (exact) mass is 252 g/mol. The van der Waals surface area contributed by atoms with Crippen molar-refractivity contribution in [3.05, 3.63) is 34.6 Å². The Bertz CT molecular complexity index is 484. The van der Waals surface area contributed by atoms with Crippen LogP contribution in [0.5, 0.6) is 0 Å². The molecule has 0 aromatic heterocycles. The van der Waals surface area contributed by atoms with E-state index in [4.69, 9.17) is 4.74 Å². The molecule has 0 spiro atoms. The summed E-state index contributed by atoms with van der Waals surface area (Å²) in [6.07, 6.45) is 0.986. The van der Waals surface area contributed by atoms with Crippen LogP contribution in [0.15, 0.2) is 12.1 Å². The van der Waals surface area contributed by atoms with Crippen LogP contribution >= 0.6 is 0 Å². The summed E-state index contributed by atoms with van der Waals surface area (Å²) < 4.78 is 18.3. The van der Waals surface area contributed by atoms with Gasteiger partial charge in [0.05, 0.1) is 13.0 Å². The summed E-state index contributed by atoms with van der Waals surface area (Å²) in [5, 5.41) is 10.5. The van der Waals surface area contributed by atoms with Crippen LogP contribution in [0.2, 0.25) is 0 Å². The number of rotatable bonds is 3. The van der Waals surface area contributed by atoms with Gasteiger partial charge in [-0.2, -0.15) is 0 Å². The number of benzene rings is 1. The first kappa shape index (κ1) is 13.0. The minimum absolute atomic E-state index is 0.114. The number of hydrogen-bond donors (Lipinski definition) is 1. The van der Waals surface area contributed by atoms with E-state index in [0.29, 0.717) is 18.4 Å². The quantitative estimate of drug-likeness (QED) is 0.839. The van der Waals surface area contributed by atoms with E-state index in [-0.39, 0.29) is 18.8 Å². The zero-order valence-corrected chi connectivity index (χ0v) is 10.6. The summed E-state index contributed by atoms with van der Waals surface area (Å²) in [6, 6.07) is 2.78. The maximum Gasteiger partial charge on any atom is 0.309 e.